The van der Waals surface area contributed by atoms with Crippen LogP contribution in [0.4, 0.5) is 0 Å². The van der Waals surface area contributed by atoms with Crippen LogP contribution >= 0.6 is 0 Å². The average molecular weight is 399 g/mol. The van der Waals surface area contributed by atoms with Gasteiger partial charge in [0.2, 0.25) is 0 Å². The maximum absolute atomic E-state index is 13.1. The monoisotopic (exact) mass is 399 g/mol. The predicted octanol–water partition coefficient (Wildman–Crippen LogP) is 2.59. The molecule has 8 heteroatoms. The molecule has 0 bridgehead atoms. The number of nitrogens with one attached hydrogen (secondary N) is 1. The van der Waals surface area contributed by atoms with Crippen LogP contribution in [-0.4, -0.2) is 69.6 Å². The summed E-state index contributed by atoms with van der Waals surface area (Å²) >= 11 is 0. The first kappa shape index (κ1) is 21.0. The Labute approximate surface area is 171 Å². The van der Waals surface area contributed by atoms with E-state index in [4.69, 9.17) is 4.74 Å². The molecule has 1 atom stereocenters. The summed E-state index contributed by atoms with van der Waals surface area (Å²) < 4.78 is 5.74. The zero-order valence-electron chi connectivity index (χ0n) is 17.4. The van der Waals surface area contributed by atoms with E-state index in [9.17, 15) is 9.59 Å². The molecule has 1 fully saturated rings. The molecule has 1 unspecified atom stereocenters. The highest BCUT2D eigenvalue weighted by Gasteiger charge is 2.29. The number of H-pyrrole nitrogens is 1. The van der Waals surface area contributed by atoms with E-state index < -0.39 is 0 Å². The van der Waals surface area contributed by atoms with Crippen LogP contribution < -0.4 is 0 Å². The second-order valence-electron chi connectivity index (χ2n) is 7.26. The first-order valence-electron chi connectivity index (χ1n) is 10.2. The van der Waals surface area contributed by atoms with Crippen LogP contribution in [0.15, 0.2) is 24.3 Å². The Morgan fingerprint density at radius 3 is 2.62 bits per heavy atom. The van der Waals surface area contributed by atoms with E-state index >= 15 is 0 Å². The van der Waals surface area contributed by atoms with Crippen LogP contribution in [0.2, 0.25) is 0 Å². The van der Waals surface area contributed by atoms with Gasteiger partial charge in [-0.2, -0.15) is 5.10 Å². The van der Waals surface area contributed by atoms with Gasteiger partial charge in [0.15, 0.2) is 5.82 Å². The van der Waals surface area contributed by atoms with Crippen LogP contribution in [0.25, 0.3) is 0 Å². The molecular formula is C21H29N5O3. The molecule has 0 radical (unpaired) electrons. The van der Waals surface area contributed by atoms with Crippen molar-refractivity contribution in [2.45, 2.75) is 39.7 Å². The lowest BCUT2D eigenvalue weighted by molar-refractivity contribution is -0.0266. The third-order valence-corrected chi connectivity index (χ3v) is 4.89. The molecule has 1 saturated heterocycles. The van der Waals surface area contributed by atoms with Crippen LogP contribution in [0.1, 0.15) is 65.2 Å². The summed E-state index contributed by atoms with van der Waals surface area (Å²) in [5, 5.41) is 6.95. The number of aromatic amines is 1. The first-order valence-corrected chi connectivity index (χ1v) is 10.2. The molecule has 1 aliphatic rings. The minimum absolute atomic E-state index is 0.0283. The molecule has 156 valence electrons. The lowest BCUT2D eigenvalue weighted by atomic mass is 10.1. The van der Waals surface area contributed by atoms with E-state index in [1.165, 1.54) is 0 Å². The van der Waals surface area contributed by atoms with Crippen molar-refractivity contribution in [3.05, 3.63) is 47.0 Å². The number of amides is 2. The molecule has 0 aliphatic carbocycles. The summed E-state index contributed by atoms with van der Waals surface area (Å²) in [6.45, 7) is 8.66. The second-order valence-corrected chi connectivity index (χ2v) is 7.26. The van der Waals surface area contributed by atoms with Gasteiger partial charge in [-0.05, 0) is 38.0 Å². The maximum atomic E-state index is 13.1. The Morgan fingerprint density at radius 2 is 1.97 bits per heavy atom. The summed E-state index contributed by atoms with van der Waals surface area (Å²) in [4.78, 5) is 33.8. The topological polar surface area (TPSA) is 91.4 Å². The van der Waals surface area contributed by atoms with Gasteiger partial charge >= 0.3 is 0 Å². The number of morpholine rings is 1. The number of hydrogen-bond donors (Lipinski definition) is 1. The molecule has 1 aliphatic heterocycles. The third kappa shape index (κ3) is 5.00. The van der Waals surface area contributed by atoms with E-state index in [0.29, 0.717) is 55.6 Å². The largest absolute Gasteiger partial charge is 0.366 e. The number of ether oxygens (including phenoxy) is 1. The number of aromatic nitrogens is 3. The average Bonchev–Trinajstić information content (AvgIpc) is 3.19. The molecule has 8 nitrogen and oxygen atoms in total. The SMILES string of the molecule is CCCN(CCC)C(=O)c1cccc(C(=O)N2CCOC(c3n[nH]c(C)n3)C2)c1. The fourth-order valence-electron chi connectivity index (χ4n) is 3.50. The number of nitrogens with zero attached hydrogens (tertiary/aromatic N) is 4. The standard InChI is InChI=1S/C21H29N5O3/c1-4-9-25(10-5-2)20(27)16-7-6-8-17(13-16)21(28)26-11-12-29-18(14-26)19-22-15(3)23-24-19/h6-8,13,18H,4-5,9-12,14H2,1-3H3,(H,22,23,24). The van der Waals surface area contributed by atoms with Crippen molar-refractivity contribution >= 4 is 11.8 Å². The van der Waals surface area contributed by atoms with Crippen molar-refractivity contribution in [2.75, 3.05) is 32.8 Å². The summed E-state index contributed by atoms with van der Waals surface area (Å²) in [6.07, 6.45) is 1.45. The van der Waals surface area contributed by atoms with Crippen LogP contribution in [-0.2, 0) is 4.74 Å². The molecule has 0 saturated carbocycles. The van der Waals surface area contributed by atoms with Crippen LogP contribution in [0, 0.1) is 6.92 Å². The zero-order chi connectivity index (χ0) is 20.8. The first-order chi connectivity index (χ1) is 14.0. The van der Waals surface area contributed by atoms with E-state index in [1.807, 2.05) is 11.8 Å². The molecule has 1 aromatic carbocycles. The van der Waals surface area contributed by atoms with Gasteiger partial charge in [-0.1, -0.05) is 19.9 Å². The van der Waals surface area contributed by atoms with Gasteiger partial charge in [-0.3, -0.25) is 14.7 Å². The highest BCUT2D eigenvalue weighted by molar-refractivity contribution is 5.99. The Bertz CT molecular complexity index is 844. The van der Waals surface area contributed by atoms with Gasteiger partial charge in [-0.25, -0.2) is 4.98 Å². The van der Waals surface area contributed by atoms with Crippen LogP contribution in [0.5, 0.6) is 0 Å². The quantitative estimate of drug-likeness (QED) is 0.773. The van der Waals surface area contributed by atoms with Gasteiger partial charge in [0.1, 0.15) is 11.9 Å². The molecule has 2 amide bonds. The minimum Gasteiger partial charge on any atom is -0.366 e. The van der Waals surface area contributed by atoms with E-state index in [-0.39, 0.29) is 17.9 Å². The highest BCUT2D eigenvalue weighted by atomic mass is 16.5. The van der Waals surface area contributed by atoms with Crippen molar-refractivity contribution in [2.24, 2.45) is 0 Å². The Kier molecular flexibility index (Phi) is 6.98. The molecule has 3 rings (SSSR count). The van der Waals surface area contributed by atoms with Gasteiger partial charge in [0.05, 0.1) is 13.2 Å². The van der Waals surface area contributed by atoms with Crippen molar-refractivity contribution in [1.29, 1.82) is 0 Å². The third-order valence-electron chi connectivity index (χ3n) is 4.89. The highest BCUT2D eigenvalue weighted by Crippen LogP contribution is 2.21. The van der Waals surface area contributed by atoms with Gasteiger partial charge in [0, 0.05) is 30.8 Å². The van der Waals surface area contributed by atoms with Crippen molar-refractivity contribution in [3.63, 3.8) is 0 Å². The van der Waals surface area contributed by atoms with E-state index in [2.05, 4.69) is 29.0 Å². The van der Waals surface area contributed by atoms with Crippen LogP contribution in [0.3, 0.4) is 0 Å². The fourth-order valence-corrected chi connectivity index (χ4v) is 3.50. The summed E-state index contributed by atoms with van der Waals surface area (Å²) in [7, 11) is 0. The number of carbonyl (C=O) groups is 2. The lowest BCUT2D eigenvalue weighted by Gasteiger charge is -2.31. The van der Waals surface area contributed by atoms with E-state index in [1.54, 1.807) is 29.2 Å². The minimum atomic E-state index is -0.355. The number of benzene rings is 1. The Hall–Kier alpha value is -2.74. The molecule has 0 spiro atoms. The molecular weight excluding hydrogens is 370 g/mol. The predicted molar refractivity (Wildman–Crippen MR) is 109 cm³/mol. The molecule has 2 aromatic rings. The number of rotatable bonds is 7. The van der Waals surface area contributed by atoms with Gasteiger partial charge in [-0.15, -0.1) is 0 Å². The molecule has 1 aromatic heterocycles. The maximum Gasteiger partial charge on any atom is 0.254 e. The summed E-state index contributed by atoms with van der Waals surface area (Å²) in [5.41, 5.74) is 1.06. The number of hydrogen-bond acceptors (Lipinski definition) is 5. The normalized spacial score (nSPS) is 16.7. The Balaban J connectivity index is 1.74. The van der Waals surface area contributed by atoms with Crippen molar-refractivity contribution in [1.82, 2.24) is 25.0 Å². The van der Waals surface area contributed by atoms with Crippen molar-refractivity contribution in [3.8, 4) is 0 Å². The number of aryl methyl sites for hydroxylation is 1. The lowest BCUT2D eigenvalue weighted by Crippen LogP contribution is -2.42. The molecule has 29 heavy (non-hydrogen) atoms. The second kappa shape index (κ2) is 9.65. The zero-order valence-corrected chi connectivity index (χ0v) is 17.4. The van der Waals surface area contributed by atoms with Gasteiger partial charge in [0.25, 0.3) is 11.8 Å². The Morgan fingerprint density at radius 1 is 1.24 bits per heavy atom. The summed E-state index contributed by atoms with van der Waals surface area (Å²) in [5.74, 6) is 1.12. The number of carbonyl (C=O) groups excluding carboxylic acids is 2. The molecule has 2 heterocycles. The smallest absolute Gasteiger partial charge is 0.254 e. The molecule has 1 N–H and O–H groups in total. The van der Waals surface area contributed by atoms with E-state index in [0.717, 1.165) is 12.8 Å². The summed E-state index contributed by atoms with van der Waals surface area (Å²) in [6, 6.07) is 7.00. The van der Waals surface area contributed by atoms with Gasteiger partial charge < -0.3 is 14.5 Å². The fraction of sp³-hybridized carbons (Fsp3) is 0.524. The van der Waals surface area contributed by atoms with Crippen molar-refractivity contribution < 1.29 is 14.3 Å².